The maximum absolute atomic E-state index is 12.9. The topological polar surface area (TPSA) is 79.0 Å². The van der Waals surface area contributed by atoms with Gasteiger partial charge in [-0.1, -0.05) is 6.92 Å². The molecule has 1 aromatic carbocycles. The van der Waals surface area contributed by atoms with E-state index in [4.69, 9.17) is 4.74 Å². The SMILES string of the molecule is CCCNC(=O)N1CCN(S(=O)(=O)c2ccc3c(c2)CCCO3)CC1. The highest BCUT2D eigenvalue weighted by molar-refractivity contribution is 7.89. The second-order valence-electron chi connectivity index (χ2n) is 6.34. The summed E-state index contributed by atoms with van der Waals surface area (Å²) in [4.78, 5) is 14.0. The molecule has 0 aromatic heterocycles. The maximum atomic E-state index is 12.9. The summed E-state index contributed by atoms with van der Waals surface area (Å²) in [5, 5.41) is 2.83. The van der Waals surface area contributed by atoms with Crippen molar-refractivity contribution in [1.29, 1.82) is 0 Å². The Bertz CT molecular complexity index is 727. The van der Waals surface area contributed by atoms with Gasteiger partial charge in [0, 0.05) is 32.7 Å². The average molecular weight is 367 g/mol. The van der Waals surface area contributed by atoms with Crippen LogP contribution in [0.1, 0.15) is 25.3 Å². The Balaban J connectivity index is 1.67. The Morgan fingerprint density at radius 3 is 2.72 bits per heavy atom. The van der Waals surface area contributed by atoms with Crippen LogP contribution in [0.5, 0.6) is 5.75 Å². The Morgan fingerprint density at radius 2 is 2.00 bits per heavy atom. The van der Waals surface area contributed by atoms with E-state index in [0.29, 0.717) is 44.2 Å². The number of hydrogen-bond acceptors (Lipinski definition) is 4. The summed E-state index contributed by atoms with van der Waals surface area (Å²) in [7, 11) is -3.54. The number of carbonyl (C=O) groups is 1. The van der Waals surface area contributed by atoms with Crippen LogP contribution in [0.2, 0.25) is 0 Å². The molecule has 1 N–H and O–H groups in total. The largest absolute Gasteiger partial charge is 0.493 e. The number of nitrogens with one attached hydrogen (secondary N) is 1. The fourth-order valence-corrected chi connectivity index (χ4v) is 4.59. The summed E-state index contributed by atoms with van der Waals surface area (Å²) in [6.45, 7) is 4.75. The molecule has 2 heterocycles. The zero-order valence-corrected chi connectivity index (χ0v) is 15.3. The highest BCUT2D eigenvalue weighted by atomic mass is 32.2. The van der Waals surface area contributed by atoms with Crippen LogP contribution in [0.25, 0.3) is 0 Å². The summed E-state index contributed by atoms with van der Waals surface area (Å²) < 4.78 is 32.8. The van der Waals surface area contributed by atoms with Gasteiger partial charge in [0.05, 0.1) is 11.5 Å². The molecule has 2 amide bonds. The van der Waals surface area contributed by atoms with Crippen molar-refractivity contribution >= 4 is 16.1 Å². The van der Waals surface area contributed by atoms with Crippen molar-refractivity contribution in [2.24, 2.45) is 0 Å². The van der Waals surface area contributed by atoms with Gasteiger partial charge in [0.15, 0.2) is 0 Å². The number of piperazine rings is 1. The Kier molecular flexibility index (Phi) is 5.48. The predicted molar refractivity (Wildman–Crippen MR) is 94.3 cm³/mol. The average Bonchev–Trinajstić information content (AvgIpc) is 2.65. The first-order valence-electron chi connectivity index (χ1n) is 8.81. The standard InChI is InChI=1S/C17H25N3O4S/c1-2-7-18-17(21)19-8-10-20(11-9-19)25(22,23)15-5-6-16-14(13-15)4-3-12-24-16/h5-6,13H,2-4,7-12H2,1H3,(H,18,21). The molecule has 2 aliphatic heterocycles. The van der Waals surface area contributed by atoms with E-state index in [9.17, 15) is 13.2 Å². The van der Waals surface area contributed by atoms with Gasteiger partial charge in [-0.05, 0) is 43.0 Å². The van der Waals surface area contributed by atoms with Gasteiger partial charge in [0.2, 0.25) is 10.0 Å². The van der Waals surface area contributed by atoms with Crippen LogP contribution >= 0.6 is 0 Å². The highest BCUT2D eigenvalue weighted by Gasteiger charge is 2.30. The number of urea groups is 1. The molecule has 1 aromatic rings. The summed E-state index contributed by atoms with van der Waals surface area (Å²) in [6, 6.07) is 4.96. The van der Waals surface area contributed by atoms with E-state index in [1.807, 2.05) is 6.92 Å². The molecular weight excluding hydrogens is 342 g/mol. The zero-order valence-electron chi connectivity index (χ0n) is 14.5. The summed E-state index contributed by atoms with van der Waals surface area (Å²) in [5.41, 5.74) is 0.949. The van der Waals surface area contributed by atoms with Gasteiger partial charge in [-0.15, -0.1) is 0 Å². The van der Waals surface area contributed by atoms with Gasteiger partial charge < -0.3 is 15.0 Å². The highest BCUT2D eigenvalue weighted by Crippen LogP contribution is 2.28. The Morgan fingerprint density at radius 1 is 1.24 bits per heavy atom. The molecule has 1 fully saturated rings. The third-order valence-corrected chi connectivity index (χ3v) is 6.46. The van der Waals surface area contributed by atoms with E-state index in [1.165, 1.54) is 4.31 Å². The lowest BCUT2D eigenvalue weighted by atomic mass is 10.1. The number of ether oxygens (including phenoxy) is 1. The van der Waals surface area contributed by atoms with Crippen molar-refractivity contribution in [1.82, 2.24) is 14.5 Å². The van der Waals surface area contributed by atoms with E-state index in [0.717, 1.165) is 30.6 Å². The molecule has 8 heteroatoms. The van der Waals surface area contributed by atoms with Crippen LogP contribution in [0, 0.1) is 0 Å². The first kappa shape index (κ1) is 18.0. The molecule has 0 unspecified atom stereocenters. The molecule has 0 saturated carbocycles. The van der Waals surface area contributed by atoms with E-state index in [2.05, 4.69) is 5.32 Å². The van der Waals surface area contributed by atoms with Crippen molar-refractivity contribution < 1.29 is 17.9 Å². The number of benzene rings is 1. The number of rotatable bonds is 4. The van der Waals surface area contributed by atoms with Crippen molar-refractivity contribution in [3.8, 4) is 5.75 Å². The molecule has 3 rings (SSSR count). The quantitative estimate of drug-likeness (QED) is 0.873. The van der Waals surface area contributed by atoms with Gasteiger partial charge in [-0.2, -0.15) is 4.31 Å². The van der Waals surface area contributed by atoms with Crippen LogP contribution < -0.4 is 10.1 Å². The minimum absolute atomic E-state index is 0.121. The molecule has 25 heavy (non-hydrogen) atoms. The fraction of sp³-hybridized carbons (Fsp3) is 0.588. The summed E-state index contributed by atoms with van der Waals surface area (Å²) in [5.74, 6) is 0.780. The number of nitrogens with zero attached hydrogens (tertiary/aromatic N) is 2. The first-order valence-corrected chi connectivity index (χ1v) is 10.2. The molecular formula is C17H25N3O4S. The smallest absolute Gasteiger partial charge is 0.317 e. The number of aryl methyl sites for hydroxylation is 1. The lowest BCUT2D eigenvalue weighted by Crippen LogP contribution is -2.53. The fourth-order valence-electron chi connectivity index (χ4n) is 3.12. The first-order chi connectivity index (χ1) is 12.0. The molecule has 0 radical (unpaired) electrons. The number of hydrogen-bond donors (Lipinski definition) is 1. The van der Waals surface area contributed by atoms with Gasteiger partial charge in [-0.3, -0.25) is 0 Å². The van der Waals surface area contributed by atoms with Crippen molar-refractivity contribution in [3.05, 3.63) is 23.8 Å². The number of fused-ring (bicyclic) bond motifs is 1. The normalized spacial score (nSPS) is 18.4. The summed E-state index contributed by atoms with van der Waals surface area (Å²) >= 11 is 0. The van der Waals surface area contributed by atoms with E-state index in [1.54, 1.807) is 23.1 Å². The second-order valence-corrected chi connectivity index (χ2v) is 8.28. The predicted octanol–water partition coefficient (Wildman–Crippen LogP) is 1.44. The molecule has 2 aliphatic rings. The third-order valence-electron chi connectivity index (χ3n) is 4.57. The van der Waals surface area contributed by atoms with Gasteiger partial charge >= 0.3 is 6.03 Å². The maximum Gasteiger partial charge on any atom is 0.317 e. The Hall–Kier alpha value is -1.80. The van der Waals surface area contributed by atoms with Crippen LogP contribution in [0.3, 0.4) is 0 Å². The van der Waals surface area contributed by atoms with Crippen LogP contribution in [-0.4, -0.2) is 63.0 Å². The van der Waals surface area contributed by atoms with Gasteiger partial charge in [0.1, 0.15) is 5.75 Å². The van der Waals surface area contributed by atoms with Crippen LogP contribution in [0.4, 0.5) is 4.79 Å². The molecule has 0 aliphatic carbocycles. The number of amides is 2. The third kappa shape index (κ3) is 3.90. The second kappa shape index (κ2) is 7.61. The minimum atomic E-state index is -3.54. The number of carbonyl (C=O) groups excluding carboxylic acids is 1. The van der Waals surface area contributed by atoms with Crippen molar-refractivity contribution in [3.63, 3.8) is 0 Å². The van der Waals surface area contributed by atoms with Crippen molar-refractivity contribution in [2.75, 3.05) is 39.3 Å². The van der Waals surface area contributed by atoms with E-state index < -0.39 is 10.0 Å². The zero-order chi connectivity index (χ0) is 17.9. The van der Waals surface area contributed by atoms with E-state index in [-0.39, 0.29) is 6.03 Å². The Labute approximate surface area is 149 Å². The van der Waals surface area contributed by atoms with E-state index >= 15 is 0 Å². The lowest BCUT2D eigenvalue weighted by molar-refractivity contribution is 0.172. The van der Waals surface area contributed by atoms with Gasteiger partial charge in [0.25, 0.3) is 0 Å². The number of sulfonamides is 1. The molecule has 7 nitrogen and oxygen atoms in total. The molecule has 0 bridgehead atoms. The van der Waals surface area contributed by atoms with Crippen molar-refractivity contribution in [2.45, 2.75) is 31.1 Å². The summed E-state index contributed by atoms with van der Waals surface area (Å²) in [6.07, 6.45) is 2.62. The van der Waals surface area contributed by atoms with Crippen LogP contribution in [0.15, 0.2) is 23.1 Å². The molecule has 1 saturated heterocycles. The molecule has 0 spiro atoms. The molecule has 138 valence electrons. The minimum Gasteiger partial charge on any atom is -0.493 e. The van der Waals surface area contributed by atoms with Gasteiger partial charge in [-0.25, -0.2) is 13.2 Å². The molecule has 0 atom stereocenters. The lowest BCUT2D eigenvalue weighted by Gasteiger charge is -2.34. The van der Waals surface area contributed by atoms with Crippen LogP contribution in [-0.2, 0) is 16.4 Å². The monoisotopic (exact) mass is 367 g/mol.